The molecule has 0 aromatic rings. The first kappa shape index (κ1) is 43.4. The minimum atomic E-state index is -0.303. The van der Waals surface area contributed by atoms with Gasteiger partial charge in [-0.2, -0.15) is 0 Å². The van der Waals surface area contributed by atoms with Gasteiger partial charge in [0.1, 0.15) is 0 Å². The maximum absolute atomic E-state index is 13.0. The summed E-state index contributed by atoms with van der Waals surface area (Å²) in [7, 11) is 0. The molecule has 8 nitrogen and oxygen atoms in total. The van der Waals surface area contributed by atoms with Gasteiger partial charge in [-0.3, -0.25) is 9.59 Å². The van der Waals surface area contributed by atoms with Crippen molar-refractivity contribution in [1.82, 2.24) is 10.6 Å². The van der Waals surface area contributed by atoms with E-state index in [4.69, 9.17) is 0 Å². The maximum Gasteiger partial charge on any atom is 0.220 e. The first-order valence-corrected chi connectivity index (χ1v) is 24.8. The van der Waals surface area contributed by atoms with E-state index < -0.39 is 0 Å². The molecule has 58 heavy (non-hydrogen) atoms. The summed E-state index contributed by atoms with van der Waals surface area (Å²) in [6.07, 6.45) is 18.9. The Labute approximate surface area is 351 Å². The minimum Gasteiger partial charge on any atom is -0.393 e. The molecule has 8 saturated carbocycles. The van der Waals surface area contributed by atoms with Crippen molar-refractivity contribution in [2.24, 2.45) is 92.7 Å². The molecule has 0 radical (unpaired) electrons. The van der Waals surface area contributed by atoms with Crippen LogP contribution in [0.2, 0.25) is 0 Å². The van der Waals surface area contributed by atoms with Crippen LogP contribution in [-0.4, -0.2) is 69.7 Å². The molecule has 2 amide bonds. The molecular formula is C50H84N2O6. The van der Waals surface area contributed by atoms with Crippen molar-refractivity contribution in [3.05, 3.63) is 0 Å². The van der Waals surface area contributed by atoms with Gasteiger partial charge in [0.15, 0.2) is 0 Å². The molecule has 8 fully saturated rings. The maximum atomic E-state index is 13.0. The highest BCUT2D eigenvalue weighted by molar-refractivity contribution is 5.77. The predicted molar refractivity (Wildman–Crippen MR) is 228 cm³/mol. The van der Waals surface area contributed by atoms with Crippen LogP contribution < -0.4 is 10.6 Å². The van der Waals surface area contributed by atoms with Crippen molar-refractivity contribution in [3.8, 4) is 0 Å². The quantitative estimate of drug-likeness (QED) is 0.117. The van der Waals surface area contributed by atoms with Crippen molar-refractivity contribution >= 4 is 11.8 Å². The highest BCUT2D eigenvalue weighted by atomic mass is 16.3. The van der Waals surface area contributed by atoms with Gasteiger partial charge >= 0.3 is 0 Å². The summed E-state index contributed by atoms with van der Waals surface area (Å²) in [6.45, 7) is 15.2. The average molecular weight is 809 g/mol. The number of hydrogen-bond acceptors (Lipinski definition) is 6. The zero-order valence-electron chi connectivity index (χ0n) is 37.4. The smallest absolute Gasteiger partial charge is 0.220 e. The summed E-state index contributed by atoms with van der Waals surface area (Å²) < 4.78 is 0. The molecule has 330 valence electrons. The van der Waals surface area contributed by atoms with E-state index in [2.05, 4.69) is 52.2 Å². The molecule has 0 aromatic heterocycles. The molecule has 8 heteroatoms. The van der Waals surface area contributed by atoms with Gasteiger partial charge in [-0.15, -0.1) is 0 Å². The fourth-order valence-corrected chi connectivity index (χ4v) is 18.0. The second kappa shape index (κ2) is 16.5. The Morgan fingerprint density at radius 1 is 0.534 bits per heavy atom. The van der Waals surface area contributed by atoms with Crippen LogP contribution in [0.4, 0.5) is 0 Å². The van der Waals surface area contributed by atoms with Gasteiger partial charge < -0.3 is 31.1 Å². The molecule has 8 rings (SSSR count). The van der Waals surface area contributed by atoms with Crippen molar-refractivity contribution in [1.29, 1.82) is 0 Å². The molecule has 0 spiro atoms. The van der Waals surface area contributed by atoms with E-state index in [1.165, 1.54) is 38.5 Å². The lowest BCUT2D eigenvalue weighted by atomic mass is 9.43. The predicted octanol–water partition coefficient (Wildman–Crippen LogP) is 8.03. The van der Waals surface area contributed by atoms with Crippen LogP contribution in [0.5, 0.6) is 0 Å². The molecule has 0 aliphatic heterocycles. The lowest BCUT2D eigenvalue weighted by Gasteiger charge is -2.62. The molecular weight excluding hydrogens is 725 g/mol. The topological polar surface area (TPSA) is 139 Å². The SMILES string of the molecule is C[C@H](CCC(=O)NCCNC(=O)CC[C@@H](C)[C@H]1CCC2C3CCC4C[C@H](O)CC[C@]4(C)C3C[C@H](O)[C@@]21C)[C@H]1CCC2C3CCC4C[C@H](O)CC[C@]4(C)C3C[C@H](O)[C@@]21C. The summed E-state index contributed by atoms with van der Waals surface area (Å²) in [5, 5.41) is 50.8. The monoisotopic (exact) mass is 809 g/mol. The molecule has 8 aliphatic carbocycles. The highest BCUT2D eigenvalue weighted by Gasteiger charge is 2.65. The van der Waals surface area contributed by atoms with E-state index in [9.17, 15) is 30.0 Å². The van der Waals surface area contributed by atoms with Gasteiger partial charge in [-0.1, -0.05) is 41.5 Å². The number of amides is 2. The second-order valence-electron chi connectivity index (χ2n) is 23.5. The summed E-state index contributed by atoms with van der Waals surface area (Å²) in [6, 6.07) is 0. The van der Waals surface area contributed by atoms with E-state index in [0.717, 1.165) is 77.0 Å². The third kappa shape index (κ3) is 7.25. The standard InChI is InChI=1S/C50H84N2O6/c1-29(37-13-15-39-35-11-9-31-25-33(53)19-21-47(31,3)41(35)27-43(55)49(37,39)5)7-17-45(57)51-23-24-52-46(58)18-8-30(2)38-14-16-40-36-12-10-32-26-34(54)20-22-48(32,4)42(36)28-44(56)50(38,40)6/h29-44,53-56H,7-28H2,1-6H3,(H,51,57)(H,52,58)/t29-,30-,31?,32?,33-,34-,35?,36?,37-,38-,39?,40?,41?,42?,43+,44+,47+,48+,49-,50-/m1/s1. The van der Waals surface area contributed by atoms with Crippen LogP contribution in [0.1, 0.15) is 170 Å². The van der Waals surface area contributed by atoms with Gasteiger partial charge in [0.2, 0.25) is 11.8 Å². The van der Waals surface area contributed by atoms with Crippen molar-refractivity contribution in [3.63, 3.8) is 0 Å². The Morgan fingerprint density at radius 3 is 1.33 bits per heavy atom. The zero-order valence-corrected chi connectivity index (χ0v) is 37.4. The number of aliphatic hydroxyl groups is 4. The van der Waals surface area contributed by atoms with Gasteiger partial charge in [-0.05, 0) is 208 Å². The Hall–Kier alpha value is -1.22. The van der Waals surface area contributed by atoms with E-state index >= 15 is 0 Å². The number of rotatable bonds is 11. The van der Waals surface area contributed by atoms with Gasteiger partial charge in [0, 0.05) is 25.9 Å². The largest absolute Gasteiger partial charge is 0.393 e. The zero-order chi connectivity index (χ0) is 41.4. The van der Waals surface area contributed by atoms with Crippen LogP contribution in [0.25, 0.3) is 0 Å². The van der Waals surface area contributed by atoms with Crippen LogP contribution in [0.3, 0.4) is 0 Å². The molecule has 0 saturated heterocycles. The number of hydrogen-bond donors (Lipinski definition) is 6. The van der Waals surface area contributed by atoms with E-state index in [-0.39, 0.29) is 57.9 Å². The van der Waals surface area contributed by atoms with Gasteiger partial charge in [-0.25, -0.2) is 0 Å². The first-order chi connectivity index (χ1) is 27.5. The number of carbonyl (C=O) groups excluding carboxylic acids is 2. The molecule has 0 bridgehead atoms. The highest BCUT2D eigenvalue weighted by Crippen LogP contribution is 2.70. The number of aliphatic hydroxyl groups excluding tert-OH is 4. The van der Waals surface area contributed by atoms with Crippen molar-refractivity contribution in [2.45, 2.75) is 194 Å². The fourth-order valence-electron chi connectivity index (χ4n) is 18.0. The molecule has 0 heterocycles. The second-order valence-corrected chi connectivity index (χ2v) is 23.5. The van der Waals surface area contributed by atoms with Gasteiger partial charge in [0.25, 0.3) is 0 Å². The lowest BCUT2D eigenvalue weighted by molar-refractivity contribution is -0.175. The minimum absolute atomic E-state index is 0.0466. The van der Waals surface area contributed by atoms with E-state index in [1.54, 1.807) is 0 Å². The molecule has 8 aliphatic rings. The van der Waals surface area contributed by atoms with Crippen LogP contribution in [0, 0.1) is 92.7 Å². The summed E-state index contributed by atoms with van der Waals surface area (Å²) >= 11 is 0. The normalized spacial score (nSPS) is 50.5. The van der Waals surface area contributed by atoms with Crippen LogP contribution in [0.15, 0.2) is 0 Å². The van der Waals surface area contributed by atoms with Crippen molar-refractivity contribution in [2.75, 3.05) is 13.1 Å². The van der Waals surface area contributed by atoms with Crippen LogP contribution >= 0.6 is 0 Å². The number of fused-ring (bicyclic) bond motifs is 10. The summed E-state index contributed by atoms with van der Waals surface area (Å²) in [5.41, 5.74) is 0.301. The Kier molecular flexibility index (Phi) is 12.3. The van der Waals surface area contributed by atoms with Crippen LogP contribution in [-0.2, 0) is 9.59 Å². The summed E-state index contributed by atoms with van der Waals surface area (Å²) in [4.78, 5) is 26.0. The third-order valence-electron chi connectivity index (χ3n) is 21.4. The number of nitrogens with one attached hydrogen (secondary N) is 2. The molecule has 8 unspecified atom stereocenters. The molecule has 20 atom stereocenters. The lowest BCUT2D eigenvalue weighted by Crippen LogP contribution is -2.58. The summed E-state index contributed by atoms with van der Waals surface area (Å²) in [5.74, 6) is 6.39. The van der Waals surface area contributed by atoms with Gasteiger partial charge in [0.05, 0.1) is 24.4 Å². The fraction of sp³-hybridized carbons (Fsp3) is 0.960. The molecule has 6 N–H and O–H groups in total. The first-order valence-electron chi connectivity index (χ1n) is 24.8. The van der Waals surface area contributed by atoms with Crippen molar-refractivity contribution < 1.29 is 30.0 Å². The number of carbonyl (C=O) groups is 2. The Balaban J connectivity index is 0.751. The molecule has 0 aromatic carbocycles. The Morgan fingerprint density at radius 2 is 0.931 bits per heavy atom. The van der Waals surface area contributed by atoms with E-state index in [0.29, 0.717) is 96.9 Å². The van der Waals surface area contributed by atoms with E-state index in [1.807, 2.05) is 0 Å². The average Bonchev–Trinajstić information content (AvgIpc) is 3.75. The third-order valence-corrected chi connectivity index (χ3v) is 21.4. The Bertz CT molecular complexity index is 1380.